The molecule has 0 unspecified atom stereocenters. The van der Waals surface area contributed by atoms with E-state index in [1.807, 2.05) is 37.3 Å². The lowest BCUT2D eigenvalue weighted by Crippen LogP contribution is -2.47. The molecule has 2 N–H and O–H groups in total. The van der Waals surface area contributed by atoms with Gasteiger partial charge in [0, 0.05) is 25.4 Å². The SMILES string of the molecule is C[C@H](NCCN1N=C(c2ccccc2)CCC1=O)C(=O)NC1CCCC1. The second-order valence-electron chi connectivity index (χ2n) is 7.10. The summed E-state index contributed by atoms with van der Waals surface area (Å²) in [7, 11) is 0. The highest BCUT2D eigenvalue weighted by Gasteiger charge is 2.23. The molecule has 1 aromatic carbocycles. The number of nitrogens with one attached hydrogen (secondary N) is 2. The number of hydrazone groups is 1. The molecule has 0 aromatic heterocycles. The highest BCUT2D eigenvalue weighted by atomic mass is 16.2. The van der Waals surface area contributed by atoms with Crippen LogP contribution in [0.15, 0.2) is 35.4 Å². The number of rotatable bonds is 7. The van der Waals surface area contributed by atoms with Crippen LogP contribution in [0.1, 0.15) is 51.0 Å². The van der Waals surface area contributed by atoms with Crippen molar-refractivity contribution >= 4 is 17.5 Å². The molecular formula is C20H28N4O2. The van der Waals surface area contributed by atoms with Crippen LogP contribution in [0.3, 0.4) is 0 Å². The van der Waals surface area contributed by atoms with E-state index in [9.17, 15) is 9.59 Å². The Labute approximate surface area is 155 Å². The average Bonchev–Trinajstić information content (AvgIpc) is 3.17. The molecule has 140 valence electrons. The van der Waals surface area contributed by atoms with Crippen LogP contribution in [0.2, 0.25) is 0 Å². The topological polar surface area (TPSA) is 73.8 Å². The molecule has 0 radical (unpaired) electrons. The van der Waals surface area contributed by atoms with Crippen LogP contribution in [0, 0.1) is 0 Å². The van der Waals surface area contributed by atoms with Crippen molar-refractivity contribution in [1.29, 1.82) is 0 Å². The molecule has 1 aliphatic carbocycles. The zero-order chi connectivity index (χ0) is 18.4. The summed E-state index contributed by atoms with van der Waals surface area (Å²) >= 11 is 0. The summed E-state index contributed by atoms with van der Waals surface area (Å²) in [6, 6.07) is 10.0. The van der Waals surface area contributed by atoms with Gasteiger partial charge >= 0.3 is 0 Å². The predicted octanol–water partition coefficient (Wildman–Crippen LogP) is 2.05. The van der Waals surface area contributed by atoms with E-state index in [4.69, 9.17) is 0 Å². The molecular weight excluding hydrogens is 328 g/mol. The van der Waals surface area contributed by atoms with E-state index >= 15 is 0 Å². The van der Waals surface area contributed by atoms with Crippen LogP contribution < -0.4 is 10.6 Å². The normalized spacial score (nSPS) is 19.3. The Balaban J connectivity index is 1.48. The van der Waals surface area contributed by atoms with Crippen molar-refractivity contribution < 1.29 is 9.59 Å². The summed E-state index contributed by atoms with van der Waals surface area (Å²) in [6.07, 6.45) is 5.71. The van der Waals surface area contributed by atoms with E-state index in [0.29, 0.717) is 32.0 Å². The minimum Gasteiger partial charge on any atom is -0.352 e. The van der Waals surface area contributed by atoms with Crippen molar-refractivity contribution in [3.63, 3.8) is 0 Å². The molecule has 6 heteroatoms. The van der Waals surface area contributed by atoms with Crippen molar-refractivity contribution in [1.82, 2.24) is 15.6 Å². The van der Waals surface area contributed by atoms with Crippen molar-refractivity contribution in [2.24, 2.45) is 5.10 Å². The van der Waals surface area contributed by atoms with Gasteiger partial charge in [-0.3, -0.25) is 9.59 Å². The first kappa shape index (κ1) is 18.6. The number of benzene rings is 1. The van der Waals surface area contributed by atoms with Gasteiger partial charge < -0.3 is 10.6 Å². The molecule has 6 nitrogen and oxygen atoms in total. The molecule has 1 aliphatic heterocycles. The second kappa shape index (κ2) is 8.94. The quantitative estimate of drug-likeness (QED) is 0.785. The van der Waals surface area contributed by atoms with Crippen molar-refractivity contribution in [3.05, 3.63) is 35.9 Å². The lowest BCUT2D eigenvalue weighted by molar-refractivity contribution is -0.131. The summed E-state index contributed by atoms with van der Waals surface area (Å²) in [5.74, 6) is 0.0740. The Morgan fingerprint density at radius 1 is 1.23 bits per heavy atom. The molecule has 0 saturated heterocycles. The number of carbonyl (C=O) groups is 2. The van der Waals surface area contributed by atoms with E-state index < -0.39 is 0 Å². The third kappa shape index (κ3) is 4.91. The van der Waals surface area contributed by atoms with Crippen LogP contribution in [0.4, 0.5) is 0 Å². The minimum atomic E-state index is -0.270. The number of hydrogen-bond acceptors (Lipinski definition) is 4. The van der Waals surface area contributed by atoms with Gasteiger partial charge in [0.2, 0.25) is 11.8 Å². The molecule has 1 saturated carbocycles. The van der Waals surface area contributed by atoms with Gasteiger partial charge in [-0.2, -0.15) is 5.10 Å². The van der Waals surface area contributed by atoms with Crippen molar-refractivity contribution in [3.8, 4) is 0 Å². The highest BCUT2D eigenvalue weighted by molar-refractivity contribution is 6.04. The molecule has 26 heavy (non-hydrogen) atoms. The monoisotopic (exact) mass is 356 g/mol. The van der Waals surface area contributed by atoms with Gasteiger partial charge in [0.05, 0.1) is 18.3 Å². The Bertz CT molecular complexity index is 653. The van der Waals surface area contributed by atoms with Gasteiger partial charge in [-0.05, 0) is 25.3 Å². The van der Waals surface area contributed by atoms with Crippen LogP contribution in [-0.4, -0.2) is 47.7 Å². The van der Waals surface area contributed by atoms with E-state index in [0.717, 1.165) is 24.1 Å². The zero-order valence-electron chi connectivity index (χ0n) is 15.4. The smallest absolute Gasteiger partial charge is 0.243 e. The van der Waals surface area contributed by atoms with E-state index in [-0.39, 0.29) is 17.9 Å². The minimum absolute atomic E-state index is 0.0366. The lowest BCUT2D eigenvalue weighted by Gasteiger charge is -2.25. The van der Waals surface area contributed by atoms with Crippen LogP contribution >= 0.6 is 0 Å². The fraction of sp³-hybridized carbons (Fsp3) is 0.550. The summed E-state index contributed by atoms with van der Waals surface area (Å²) in [5, 5.41) is 12.3. The van der Waals surface area contributed by atoms with Gasteiger partial charge in [-0.1, -0.05) is 43.2 Å². The molecule has 1 fully saturated rings. The summed E-state index contributed by atoms with van der Waals surface area (Å²) in [5.41, 5.74) is 2.00. The van der Waals surface area contributed by atoms with Crippen molar-refractivity contribution in [2.45, 2.75) is 57.5 Å². The Hall–Kier alpha value is -2.21. The number of nitrogens with zero attached hydrogens (tertiary/aromatic N) is 2. The second-order valence-corrected chi connectivity index (χ2v) is 7.10. The van der Waals surface area contributed by atoms with Gasteiger partial charge in [0.25, 0.3) is 0 Å². The molecule has 3 rings (SSSR count). The van der Waals surface area contributed by atoms with E-state index in [2.05, 4.69) is 15.7 Å². The molecule has 1 atom stereocenters. The van der Waals surface area contributed by atoms with Gasteiger partial charge in [-0.15, -0.1) is 0 Å². The van der Waals surface area contributed by atoms with Crippen molar-refractivity contribution in [2.75, 3.05) is 13.1 Å². The van der Waals surface area contributed by atoms with Gasteiger partial charge in [0.15, 0.2) is 0 Å². The number of hydrogen-bond donors (Lipinski definition) is 2. The Morgan fingerprint density at radius 2 is 1.96 bits per heavy atom. The first-order valence-electron chi connectivity index (χ1n) is 9.60. The Morgan fingerprint density at radius 3 is 2.69 bits per heavy atom. The zero-order valence-corrected chi connectivity index (χ0v) is 15.4. The molecule has 2 aliphatic rings. The summed E-state index contributed by atoms with van der Waals surface area (Å²) < 4.78 is 0. The first-order valence-corrected chi connectivity index (χ1v) is 9.60. The lowest BCUT2D eigenvalue weighted by atomic mass is 10.0. The predicted molar refractivity (Wildman–Crippen MR) is 102 cm³/mol. The Kier molecular flexibility index (Phi) is 6.39. The van der Waals surface area contributed by atoms with Crippen LogP contribution in [0.5, 0.6) is 0 Å². The third-order valence-corrected chi connectivity index (χ3v) is 5.08. The standard InChI is InChI=1S/C20H28N4O2/c1-15(20(26)22-17-9-5-6-10-17)21-13-14-24-19(25)12-11-18(23-24)16-7-3-2-4-8-16/h2-4,7-8,15,17,21H,5-6,9-14H2,1H3,(H,22,26)/t15-/m0/s1. The largest absolute Gasteiger partial charge is 0.352 e. The van der Waals surface area contributed by atoms with E-state index in [1.54, 1.807) is 0 Å². The maximum Gasteiger partial charge on any atom is 0.243 e. The summed E-state index contributed by atoms with van der Waals surface area (Å²) in [6.45, 7) is 2.87. The van der Waals surface area contributed by atoms with Gasteiger partial charge in [-0.25, -0.2) is 5.01 Å². The van der Waals surface area contributed by atoms with Crippen LogP contribution in [0.25, 0.3) is 0 Å². The average molecular weight is 356 g/mol. The van der Waals surface area contributed by atoms with Crippen LogP contribution in [-0.2, 0) is 9.59 Å². The maximum atomic E-state index is 12.2. The van der Waals surface area contributed by atoms with Gasteiger partial charge in [0.1, 0.15) is 0 Å². The molecule has 0 spiro atoms. The van der Waals surface area contributed by atoms with E-state index in [1.165, 1.54) is 17.9 Å². The number of amides is 2. The third-order valence-electron chi connectivity index (χ3n) is 5.08. The fourth-order valence-corrected chi connectivity index (χ4v) is 3.49. The highest BCUT2D eigenvalue weighted by Crippen LogP contribution is 2.17. The summed E-state index contributed by atoms with van der Waals surface area (Å²) in [4.78, 5) is 24.3. The molecule has 1 heterocycles. The number of carbonyl (C=O) groups excluding carboxylic acids is 2. The molecule has 1 aromatic rings. The fourth-order valence-electron chi connectivity index (χ4n) is 3.49. The first-order chi connectivity index (χ1) is 12.6. The molecule has 0 bridgehead atoms. The maximum absolute atomic E-state index is 12.2. The molecule has 2 amide bonds.